The highest BCUT2D eigenvalue weighted by Crippen LogP contribution is 2.29. The molecule has 2 aliphatic rings. The number of urea groups is 1. The zero-order valence-corrected chi connectivity index (χ0v) is 12.0. The van der Waals surface area contributed by atoms with Gasteiger partial charge in [0.1, 0.15) is 5.75 Å². The molecule has 1 aromatic rings. The highest BCUT2D eigenvalue weighted by Gasteiger charge is 2.12. The Morgan fingerprint density at radius 2 is 1.73 bits per heavy atom. The third-order valence-electron chi connectivity index (χ3n) is 3.16. The number of nitrogens with two attached hydrogens (primary N) is 1. The molecule has 0 aromatic heterocycles. The van der Waals surface area contributed by atoms with Crippen LogP contribution in [0.25, 0.3) is 11.1 Å². The van der Waals surface area contributed by atoms with Crippen LogP contribution in [0.15, 0.2) is 42.5 Å². The van der Waals surface area contributed by atoms with E-state index in [4.69, 9.17) is 5.73 Å². The number of nitrogens with one attached hydrogen (secondary N) is 1. The fourth-order valence-corrected chi connectivity index (χ4v) is 1.89. The Balaban J connectivity index is 0.000000238. The number of primary amides is 1. The molecule has 0 bridgehead atoms. The normalized spacial score (nSPS) is 10.0. The Morgan fingerprint density at radius 1 is 1.14 bits per heavy atom. The molecule has 0 atom stereocenters. The number of anilines is 1. The molecule has 0 saturated heterocycles. The van der Waals surface area contributed by atoms with Gasteiger partial charge in [0.25, 0.3) is 0 Å². The third-order valence-corrected chi connectivity index (χ3v) is 3.16. The number of esters is 1. The summed E-state index contributed by atoms with van der Waals surface area (Å²) in [7, 11) is 1.26. The minimum atomic E-state index is -0.812. The van der Waals surface area contributed by atoms with E-state index in [1.165, 1.54) is 24.3 Å². The molecule has 0 spiro atoms. The van der Waals surface area contributed by atoms with E-state index in [0.717, 1.165) is 0 Å². The van der Waals surface area contributed by atoms with Crippen LogP contribution >= 0.6 is 0 Å². The van der Waals surface area contributed by atoms with Crippen molar-refractivity contribution >= 4 is 17.7 Å². The number of fused-ring (bicyclic) bond motifs is 1. The Hall–Kier alpha value is -3.02. The van der Waals surface area contributed by atoms with Crippen molar-refractivity contribution in [2.75, 3.05) is 12.4 Å². The minimum Gasteiger partial charge on any atom is -0.506 e. The highest BCUT2D eigenvalue weighted by atomic mass is 16.5. The maximum atomic E-state index is 11.1. The molecule has 0 fully saturated rings. The van der Waals surface area contributed by atoms with Crippen LogP contribution in [0.4, 0.5) is 10.5 Å². The van der Waals surface area contributed by atoms with Gasteiger partial charge in [-0.05, 0) is 22.8 Å². The molecule has 0 radical (unpaired) electrons. The molecule has 1 aromatic carbocycles. The predicted octanol–water partition coefficient (Wildman–Crippen LogP) is 2.27. The molecule has 22 heavy (non-hydrogen) atoms. The Labute approximate surface area is 127 Å². The number of carbonyl (C=O) groups excluding carboxylic acids is 2. The summed E-state index contributed by atoms with van der Waals surface area (Å²) in [5, 5.41) is 11.8. The molecule has 0 heterocycles. The zero-order valence-electron chi connectivity index (χ0n) is 12.0. The van der Waals surface area contributed by atoms with Crippen LogP contribution in [0, 0.1) is 0 Å². The molecular weight excluding hydrogens is 284 g/mol. The summed E-state index contributed by atoms with van der Waals surface area (Å²) in [6.07, 6.45) is -0.0550. The van der Waals surface area contributed by atoms with Gasteiger partial charge in [-0.2, -0.15) is 0 Å². The quantitative estimate of drug-likeness (QED) is 0.510. The van der Waals surface area contributed by atoms with Crippen molar-refractivity contribution in [3.8, 4) is 16.9 Å². The number of ether oxygens (including phenoxy) is 1. The van der Waals surface area contributed by atoms with Gasteiger partial charge in [0.15, 0.2) is 0 Å². The van der Waals surface area contributed by atoms with Gasteiger partial charge in [-0.3, -0.25) is 4.79 Å². The van der Waals surface area contributed by atoms with Crippen molar-refractivity contribution in [1.29, 1.82) is 0 Å². The van der Waals surface area contributed by atoms with Gasteiger partial charge in [0.05, 0.1) is 19.2 Å². The van der Waals surface area contributed by atoms with Crippen LogP contribution in [0.3, 0.4) is 0 Å². The molecule has 0 unspecified atom stereocenters. The SMILES string of the molecule is COC(=O)Cc1cccc(O)c1NC(N)=O.c1cc2ccc1-2. The summed E-state index contributed by atoms with van der Waals surface area (Å²) >= 11 is 0. The van der Waals surface area contributed by atoms with Crippen LogP contribution in [0.5, 0.6) is 5.75 Å². The molecule has 0 saturated carbocycles. The molecule has 4 N–H and O–H groups in total. The van der Waals surface area contributed by atoms with Gasteiger partial charge >= 0.3 is 12.0 Å². The van der Waals surface area contributed by atoms with Crippen LogP contribution in [0.2, 0.25) is 0 Å². The number of phenols is 1. The highest BCUT2D eigenvalue weighted by molar-refractivity contribution is 5.91. The predicted molar refractivity (Wildman–Crippen MR) is 82.5 cm³/mol. The summed E-state index contributed by atoms with van der Waals surface area (Å²) in [4.78, 5) is 21.8. The van der Waals surface area contributed by atoms with E-state index in [1.807, 2.05) is 0 Å². The summed E-state index contributed by atoms with van der Waals surface area (Å²) < 4.78 is 4.49. The zero-order chi connectivity index (χ0) is 16.1. The van der Waals surface area contributed by atoms with Crippen LogP contribution in [0.1, 0.15) is 5.56 Å². The molecule has 6 nitrogen and oxygen atoms in total. The monoisotopic (exact) mass is 300 g/mol. The van der Waals surface area contributed by atoms with Gasteiger partial charge in [0.2, 0.25) is 0 Å². The lowest BCUT2D eigenvalue weighted by Gasteiger charge is -2.10. The van der Waals surface area contributed by atoms with Gasteiger partial charge in [-0.1, -0.05) is 36.4 Å². The average Bonchev–Trinajstić information content (AvgIpc) is 2.46. The second-order valence-corrected chi connectivity index (χ2v) is 4.63. The lowest BCUT2D eigenvalue weighted by molar-refractivity contribution is -0.139. The fourth-order valence-electron chi connectivity index (χ4n) is 1.89. The first kappa shape index (κ1) is 15.4. The largest absolute Gasteiger partial charge is 0.506 e. The van der Waals surface area contributed by atoms with Crippen molar-refractivity contribution < 1.29 is 19.4 Å². The first-order chi connectivity index (χ1) is 10.5. The Bertz CT molecular complexity index is 675. The summed E-state index contributed by atoms with van der Waals surface area (Å²) in [5.41, 5.74) is 8.36. The van der Waals surface area contributed by atoms with E-state index >= 15 is 0 Å². The van der Waals surface area contributed by atoms with Crippen molar-refractivity contribution in [3.05, 3.63) is 48.0 Å². The van der Waals surface area contributed by atoms with Crippen molar-refractivity contribution in [2.24, 2.45) is 5.73 Å². The number of rotatable bonds is 3. The number of benzene rings is 2. The van der Waals surface area contributed by atoms with E-state index in [-0.39, 0.29) is 17.9 Å². The smallest absolute Gasteiger partial charge is 0.316 e. The van der Waals surface area contributed by atoms with E-state index in [9.17, 15) is 14.7 Å². The van der Waals surface area contributed by atoms with E-state index in [2.05, 4.69) is 34.3 Å². The number of carbonyl (C=O) groups is 2. The molecule has 6 heteroatoms. The van der Waals surface area contributed by atoms with Gasteiger partial charge in [0, 0.05) is 0 Å². The van der Waals surface area contributed by atoms with Crippen molar-refractivity contribution in [2.45, 2.75) is 6.42 Å². The lowest BCUT2D eigenvalue weighted by atomic mass is 9.95. The maximum absolute atomic E-state index is 11.1. The molecule has 114 valence electrons. The number of methoxy groups -OCH3 is 1. The number of para-hydroxylation sites is 1. The topological polar surface area (TPSA) is 102 Å². The number of phenolic OH excluding ortho intramolecular Hbond substituents is 1. The van der Waals surface area contributed by atoms with Gasteiger partial charge < -0.3 is 20.9 Å². The summed E-state index contributed by atoms with van der Waals surface area (Å²) in [6.45, 7) is 0. The standard InChI is InChI=1S/C10H12N2O4.C6H4/c1-16-8(14)5-6-3-2-4-7(13)9(6)12-10(11)15;1-2-6-4-3-5(1)6/h2-4,13H,5H2,1H3,(H3,11,12,15);1-4H. The molecule has 2 amide bonds. The molecular formula is C16H16N2O4. The van der Waals surface area contributed by atoms with Crippen LogP contribution < -0.4 is 11.1 Å². The maximum Gasteiger partial charge on any atom is 0.316 e. The number of hydrogen-bond donors (Lipinski definition) is 3. The van der Waals surface area contributed by atoms with E-state index < -0.39 is 12.0 Å². The number of amides is 2. The van der Waals surface area contributed by atoms with Gasteiger partial charge in [-0.15, -0.1) is 0 Å². The van der Waals surface area contributed by atoms with E-state index in [0.29, 0.717) is 5.56 Å². The first-order valence-corrected chi connectivity index (χ1v) is 6.56. The fraction of sp³-hybridized carbons (Fsp3) is 0.125. The number of hydrogen-bond acceptors (Lipinski definition) is 4. The molecule has 3 rings (SSSR count). The van der Waals surface area contributed by atoms with Crippen molar-refractivity contribution in [1.82, 2.24) is 0 Å². The van der Waals surface area contributed by atoms with Crippen LogP contribution in [-0.2, 0) is 16.0 Å². The third kappa shape index (κ3) is 3.54. The molecule has 2 aliphatic carbocycles. The van der Waals surface area contributed by atoms with Crippen molar-refractivity contribution in [3.63, 3.8) is 0 Å². The minimum absolute atomic E-state index is 0.0550. The number of aromatic hydroxyl groups is 1. The average molecular weight is 300 g/mol. The second kappa shape index (κ2) is 6.62. The lowest BCUT2D eigenvalue weighted by Crippen LogP contribution is -2.21. The van der Waals surface area contributed by atoms with Crippen LogP contribution in [-0.4, -0.2) is 24.2 Å². The second-order valence-electron chi connectivity index (χ2n) is 4.63. The first-order valence-electron chi connectivity index (χ1n) is 6.56. The van der Waals surface area contributed by atoms with E-state index in [1.54, 1.807) is 12.1 Å². The Morgan fingerprint density at radius 3 is 2.14 bits per heavy atom. The Kier molecular flexibility index (Phi) is 4.63. The summed E-state index contributed by atoms with van der Waals surface area (Å²) in [5.74, 6) is -0.627. The summed E-state index contributed by atoms with van der Waals surface area (Å²) in [6, 6.07) is 12.2. The van der Waals surface area contributed by atoms with Gasteiger partial charge in [-0.25, -0.2) is 4.79 Å². The molecule has 0 aliphatic heterocycles.